The number of hydrogen-bond donors (Lipinski definition) is 1. The molecule has 1 aliphatic rings. The summed E-state index contributed by atoms with van der Waals surface area (Å²) in [5, 5.41) is 0. The number of carbonyl (C=O) groups excluding carboxylic acids is 3. The molecule has 44 heavy (non-hydrogen) atoms. The Morgan fingerprint density at radius 1 is 0.818 bits per heavy atom. The molecule has 1 N–H and O–H groups in total. The van der Waals surface area contributed by atoms with Crippen LogP contribution in [0, 0.1) is 4.77 Å². The minimum Gasteiger partial charge on any atom is -0.459 e. The maximum atomic E-state index is 13.3. The number of allylic oxidation sites excluding steroid dienone is 1. The second kappa shape index (κ2) is 13.9. The van der Waals surface area contributed by atoms with Crippen molar-refractivity contribution in [1.82, 2.24) is 9.55 Å². The highest BCUT2D eigenvalue weighted by Gasteiger charge is 2.51. The van der Waals surface area contributed by atoms with E-state index in [9.17, 15) is 19.2 Å². The van der Waals surface area contributed by atoms with Crippen LogP contribution >= 0.6 is 12.2 Å². The van der Waals surface area contributed by atoms with Gasteiger partial charge in [0.15, 0.2) is 23.2 Å². The Morgan fingerprint density at radius 3 is 1.84 bits per heavy atom. The predicted molar refractivity (Wildman–Crippen MR) is 162 cm³/mol. The van der Waals surface area contributed by atoms with Crippen LogP contribution in [0.2, 0.25) is 0 Å². The zero-order valence-electron chi connectivity index (χ0n) is 23.4. The van der Waals surface area contributed by atoms with Gasteiger partial charge in [-0.1, -0.05) is 60.7 Å². The Morgan fingerprint density at radius 2 is 1.32 bits per heavy atom. The van der Waals surface area contributed by atoms with Gasteiger partial charge in [-0.25, -0.2) is 14.4 Å². The third-order valence-corrected chi connectivity index (χ3v) is 7.17. The van der Waals surface area contributed by atoms with Crippen LogP contribution in [0.1, 0.15) is 42.9 Å². The molecule has 224 valence electrons. The standard InChI is InChI=1S/C33H28N2O8S/c1-2-12-24-19-35(33(44)34-28(24)36)29-27(43-32(39)23-17-10-5-11-18-23)26(42-31(38)22-15-8-4-9-16-22)25(41-29)20-40-30(37)21-13-6-3-7-14-21/h2-11,13-19,25-27,29H,1,12,20H2,(H,34,36,44). The number of aromatic amines is 1. The Bertz CT molecular complexity index is 1760. The van der Waals surface area contributed by atoms with Crippen molar-refractivity contribution in [3.8, 4) is 0 Å². The van der Waals surface area contributed by atoms with Gasteiger partial charge in [0, 0.05) is 11.8 Å². The third kappa shape index (κ3) is 6.91. The molecule has 3 aromatic carbocycles. The summed E-state index contributed by atoms with van der Waals surface area (Å²) in [6.07, 6.45) is -1.54. The van der Waals surface area contributed by atoms with Crippen LogP contribution in [0.5, 0.6) is 0 Å². The van der Waals surface area contributed by atoms with E-state index in [1.165, 1.54) is 10.8 Å². The van der Waals surface area contributed by atoms with Crippen LogP contribution < -0.4 is 5.56 Å². The van der Waals surface area contributed by atoms with Gasteiger partial charge in [-0.05, 0) is 55.0 Å². The number of esters is 3. The maximum Gasteiger partial charge on any atom is 0.338 e. The number of ether oxygens (including phenoxy) is 4. The van der Waals surface area contributed by atoms with Crippen molar-refractivity contribution in [3.63, 3.8) is 0 Å². The summed E-state index contributed by atoms with van der Waals surface area (Å²) in [6, 6.07) is 24.9. The predicted octanol–water partition coefficient (Wildman–Crippen LogP) is 4.84. The number of rotatable bonds is 10. The molecule has 0 radical (unpaired) electrons. The molecule has 1 fully saturated rings. The van der Waals surface area contributed by atoms with Gasteiger partial charge in [0.2, 0.25) is 0 Å². The summed E-state index contributed by atoms with van der Waals surface area (Å²) < 4.78 is 25.1. The Balaban J connectivity index is 1.54. The van der Waals surface area contributed by atoms with Crippen molar-refractivity contribution < 1.29 is 33.3 Å². The highest BCUT2D eigenvalue weighted by Crippen LogP contribution is 2.35. The molecule has 1 aromatic heterocycles. The molecular formula is C33H28N2O8S. The van der Waals surface area contributed by atoms with Crippen molar-refractivity contribution in [2.45, 2.75) is 31.0 Å². The van der Waals surface area contributed by atoms with Crippen LogP contribution in [0.4, 0.5) is 0 Å². The van der Waals surface area contributed by atoms with E-state index in [1.54, 1.807) is 97.1 Å². The molecule has 2 heterocycles. The first kappa shape index (κ1) is 30.3. The van der Waals surface area contributed by atoms with Crippen molar-refractivity contribution >= 4 is 30.1 Å². The molecule has 0 saturated carbocycles. The third-order valence-electron chi connectivity index (χ3n) is 6.86. The van der Waals surface area contributed by atoms with Crippen molar-refractivity contribution in [1.29, 1.82) is 0 Å². The lowest BCUT2D eigenvalue weighted by atomic mass is 10.1. The largest absolute Gasteiger partial charge is 0.459 e. The normalized spacial score (nSPS) is 19.1. The number of nitrogens with one attached hydrogen (secondary N) is 1. The molecule has 1 saturated heterocycles. The van der Waals surface area contributed by atoms with E-state index in [4.69, 9.17) is 31.2 Å². The van der Waals surface area contributed by atoms with Crippen molar-refractivity contribution in [2.75, 3.05) is 6.61 Å². The maximum absolute atomic E-state index is 13.3. The smallest absolute Gasteiger partial charge is 0.338 e. The van der Waals surface area contributed by atoms with Gasteiger partial charge in [-0.3, -0.25) is 14.3 Å². The van der Waals surface area contributed by atoms with E-state index in [-0.39, 0.29) is 28.9 Å². The molecule has 1 aliphatic heterocycles. The van der Waals surface area contributed by atoms with E-state index in [2.05, 4.69) is 11.6 Å². The number of aromatic nitrogens is 2. The Labute approximate surface area is 257 Å². The topological polar surface area (TPSA) is 126 Å². The lowest BCUT2D eigenvalue weighted by molar-refractivity contribution is -0.0633. The Hall–Kier alpha value is -5.13. The molecule has 0 bridgehead atoms. The van der Waals surface area contributed by atoms with Crippen LogP contribution in [-0.2, 0) is 25.4 Å². The number of H-pyrrole nitrogens is 1. The minimum absolute atomic E-state index is 0.0244. The zero-order chi connectivity index (χ0) is 31.1. The number of benzene rings is 3. The zero-order valence-corrected chi connectivity index (χ0v) is 24.2. The van der Waals surface area contributed by atoms with Gasteiger partial charge in [-0.15, -0.1) is 6.58 Å². The molecule has 4 unspecified atom stereocenters. The molecule has 10 nitrogen and oxygen atoms in total. The fraction of sp³-hybridized carbons (Fsp3) is 0.182. The fourth-order valence-corrected chi connectivity index (χ4v) is 4.95. The van der Waals surface area contributed by atoms with E-state index >= 15 is 0 Å². The molecule has 0 spiro atoms. The average Bonchev–Trinajstić information content (AvgIpc) is 3.38. The monoisotopic (exact) mass is 612 g/mol. The van der Waals surface area contributed by atoms with Gasteiger partial charge in [-0.2, -0.15) is 0 Å². The Kier molecular flexibility index (Phi) is 9.58. The lowest BCUT2D eigenvalue weighted by Gasteiger charge is -2.25. The molecule has 0 amide bonds. The van der Waals surface area contributed by atoms with Gasteiger partial charge >= 0.3 is 17.9 Å². The molecule has 0 aliphatic carbocycles. The van der Waals surface area contributed by atoms with Gasteiger partial charge in [0.25, 0.3) is 5.56 Å². The molecule has 5 rings (SSSR count). The second-order valence-electron chi connectivity index (χ2n) is 9.82. The summed E-state index contributed by atoms with van der Waals surface area (Å²) in [5.41, 5.74) is 0.710. The van der Waals surface area contributed by atoms with Gasteiger partial charge in [0.1, 0.15) is 12.7 Å². The SMILES string of the molecule is C=CCc1cn(C2OC(COC(=O)c3ccccc3)C(OC(=O)c3ccccc3)C2OC(=O)c2ccccc2)c(=S)[nH]c1=O. The highest BCUT2D eigenvalue weighted by molar-refractivity contribution is 7.71. The minimum atomic E-state index is -1.27. The molecule has 11 heteroatoms. The first-order valence-electron chi connectivity index (χ1n) is 13.7. The highest BCUT2D eigenvalue weighted by atomic mass is 32.1. The number of hydrogen-bond acceptors (Lipinski definition) is 9. The van der Waals surface area contributed by atoms with E-state index in [0.29, 0.717) is 11.1 Å². The van der Waals surface area contributed by atoms with Crippen molar-refractivity contribution in [3.05, 3.63) is 147 Å². The number of carbonyl (C=O) groups is 3. The molecular weight excluding hydrogens is 584 g/mol. The molecule has 4 aromatic rings. The van der Waals surface area contributed by atoms with Gasteiger partial charge in [0.05, 0.1) is 16.7 Å². The van der Waals surface area contributed by atoms with E-state index in [0.717, 1.165) is 0 Å². The summed E-state index contributed by atoms with van der Waals surface area (Å²) in [7, 11) is 0. The van der Waals surface area contributed by atoms with Crippen LogP contribution in [0.25, 0.3) is 0 Å². The van der Waals surface area contributed by atoms with Crippen LogP contribution in [0.15, 0.2) is 115 Å². The van der Waals surface area contributed by atoms with E-state index < -0.39 is 48.0 Å². The average molecular weight is 613 g/mol. The lowest BCUT2D eigenvalue weighted by Crippen LogP contribution is -2.41. The fourth-order valence-electron chi connectivity index (χ4n) is 4.70. The molecule has 4 atom stereocenters. The first-order chi connectivity index (χ1) is 21.4. The van der Waals surface area contributed by atoms with Crippen molar-refractivity contribution in [2.24, 2.45) is 0 Å². The summed E-state index contributed by atoms with van der Waals surface area (Å²) >= 11 is 5.46. The quantitative estimate of drug-likeness (QED) is 0.116. The van der Waals surface area contributed by atoms with Crippen LogP contribution in [0.3, 0.4) is 0 Å². The summed E-state index contributed by atoms with van der Waals surface area (Å²) in [4.78, 5) is 54.6. The van der Waals surface area contributed by atoms with Crippen LogP contribution in [-0.4, -0.2) is 52.4 Å². The summed E-state index contributed by atoms with van der Waals surface area (Å²) in [5.74, 6) is -2.05. The van der Waals surface area contributed by atoms with E-state index in [1.807, 2.05) is 0 Å². The second-order valence-corrected chi connectivity index (χ2v) is 10.2. The first-order valence-corrected chi connectivity index (χ1v) is 14.1. The number of nitrogens with zero attached hydrogens (tertiary/aromatic N) is 1. The van der Waals surface area contributed by atoms with Gasteiger partial charge < -0.3 is 18.9 Å². The summed E-state index contributed by atoms with van der Waals surface area (Å²) in [6.45, 7) is 3.34.